The Morgan fingerprint density at radius 2 is 1.33 bits per heavy atom. The maximum atomic E-state index is 13.0. The summed E-state index contributed by atoms with van der Waals surface area (Å²) in [7, 11) is 0. The van der Waals surface area contributed by atoms with Crippen molar-refractivity contribution in [3.8, 4) is 0 Å². The Morgan fingerprint density at radius 3 is 2.08 bits per heavy atom. The molecule has 5 nitrogen and oxygen atoms in total. The van der Waals surface area contributed by atoms with Crippen molar-refractivity contribution in [1.29, 1.82) is 0 Å². The molecule has 4 fully saturated rings. The van der Waals surface area contributed by atoms with E-state index in [1.54, 1.807) is 0 Å². The second-order valence-electron chi connectivity index (χ2n) is 8.17. The van der Waals surface area contributed by atoms with Crippen LogP contribution in [0.3, 0.4) is 0 Å². The van der Waals surface area contributed by atoms with Gasteiger partial charge in [-0.1, -0.05) is 12.8 Å². The van der Waals surface area contributed by atoms with Crippen molar-refractivity contribution in [2.75, 3.05) is 32.7 Å². The molecule has 3 heterocycles. The van der Waals surface area contributed by atoms with Gasteiger partial charge in [-0.05, 0) is 50.9 Å². The number of hydrogen-bond acceptors (Lipinski definition) is 2. The smallest absolute Gasteiger partial charge is 0.319 e. The number of likely N-dealkylation sites (tertiary alicyclic amines) is 3. The topological polar surface area (TPSA) is 43.9 Å². The van der Waals surface area contributed by atoms with Crippen LogP contribution in [0.2, 0.25) is 0 Å². The van der Waals surface area contributed by atoms with E-state index in [1.807, 2.05) is 9.80 Å². The lowest BCUT2D eigenvalue weighted by Gasteiger charge is -2.37. The molecule has 2 atom stereocenters. The van der Waals surface area contributed by atoms with Crippen molar-refractivity contribution in [2.24, 2.45) is 11.8 Å². The summed E-state index contributed by atoms with van der Waals surface area (Å²) in [5.41, 5.74) is 0. The maximum Gasteiger partial charge on any atom is 0.319 e. The number of amides is 3. The minimum absolute atomic E-state index is 0.147. The largest absolute Gasteiger partial charge is 0.339 e. The van der Waals surface area contributed by atoms with Gasteiger partial charge in [0.1, 0.15) is 0 Å². The second kappa shape index (κ2) is 6.93. The van der Waals surface area contributed by atoms with Crippen molar-refractivity contribution in [3.63, 3.8) is 0 Å². The molecule has 0 aromatic carbocycles. The van der Waals surface area contributed by atoms with Crippen LogP contribution in [0.4, 0.5) is 4.79 Å². The van der Waals surface area contributed by atoms with Crippen LogP contribution in [-0.4, -0.2) is 65.4 Å². The van der Waals surface area contributed by atoms with Crippen LogP contribution < -0.4 is 0 Å². The second-order valence-corrected chi connectivity index (χ2v) is 8.17. The van der Waals surface area contributed by atoms with E-state index in [4.69, 9.17) is 0 Å². The third-order valence-electron chi connectivity index (χ3n) is 6.78. The van der Waals surface area contributed by atoms with Gasteiger partial charge in [0.2, 0.25) is 5.91 Å². The molecule has 134 valence electrons. The summed E-state index contributed by atoms with van der Waals surface area (Å²) in [6, 6.07) is 0.724. The van der Waals surface area contributed by atoms with Gasteiger partial charge >= 0.3 is 6.03 Å². The van der Waals surface area contributed by atoms with E-state index in [2.05, 4.69) is 4.90 Å². The van der Waals surface area contributed by atoms with Crippen molar-refractivity contribution in [3.05, 3.63) is 0 Å². The molecule has 1 saturated carbocycles. The van der Waals surface area contributed by atoms with Gasteiger partial charge in [-0.25, -0.2) is 4.79 Å². The number of carbonyl (C=O) groups is 2. The zero-order valence-corrected chi connectivity index (χ0v) is 14.8. The van der Waals surface area contributed by atoms with E-state index < -0.39 is 0 Å². The molecule has 4 aliphatic rings. The highest BCUT2D eigenvalue weighted by Crippen LogP contribution is 2.37. The summed E-state index contributed by atoms with van der Waals surface area (Å²) in [4.78, 5) is 31.6. The molecule has 0 bridgehead atoms. The number of nitrogens with zero attached hydrogens (tertiary/aromatic N) is 3. The molecule has 0 aromatic heterocycles. The Balaban J connectivity index is 1.30. The first-order chi connectivity index (χ1) is 11.7. The molecule has 5 heteroatoms. The highest BCUT2D eigenvalue weighted by atomic mass is 16.2. The number of rotatable bonds is 1. The molecule has 0 spiro atoms. The molecule has 3 amide bonds. The Labute approximate surface area is 145 Å². The molecule has 1 aliphatic carbocycles. The summed E-state index contributed by atoms with van der Waals surface area (Å²) in [5, 5.41) is 0. The van der Waals surface area contributed by atoms with Crippen molar-refractivity contribution in [1.82, 2.24) is 14.7 Å². The normalized spacial score (nSPS) is 31.4. The molecule has 24 heavy (non-hydrogen) atoms. The zero-order chi connectivity index (χ0) is 16.5. The molecule has 0 radical (unpaired) electrons. The highest BCUT2D eigenvalue weighted by Gasteiger charge is 2.41. The SMILES string of the molecule is O=C(N1CCCC1)N1CCC(C(=O)N2CCC3CCCCC32)CC1. The summed E-state index contributed by atoms with van der Waals surface area (Å²) < 4.78 is 0. The first kappa shape index (κ1) is 16.2. The third kappa shape index (κ3) is 3.02. The first-order valence-corrected chi connectivity index (χ1v) is 10.1. The quantitative estimate of drug-likeness (QED) is 0.740. The standard InChI is InChI=1S/C19H31N3O2/c23-18(22-14-9-15-5-1-2-6-17(15)22)16-7-12-21(13-8-16)19(24)20-10-3-4-11-20/h15-17H,1-14H2. The van der Waals surface area contributed by atoms with Crippen LogP contribution in [0.15, 0.2) is 0 Å². The van der Waals surface area contributed by atoms with E-state index in [0.29, 0.717) is 11.9 Å². The van der Waals surface area contributed by atoms with Crippen LogP contribution in [0.5, 0.6) is 0 Å². The van der Waals surface area contributed by atoms with Crippen LogP contribution >= 0.6 is 0 Å². The highest BCUT2D eigenvalue weighted by molar-refractivity contribution is 5.80. The van der Waals surface area contributed by atoms with E-state index >= 15 is 0 Å². The Morgan fingerprint density at radius 1 is 0.667 bits per heavy atom. The molecule has 4 rings (SSSR count). The van der Waals surface area contributed by atoms with Crippen molar-refractivity contribution < 1.29 is 9.59 Å². The van der Waals surface area contributed by atoms with Crippen LogP contribution in [0.25, 0.3) is 0 Å². The number of fused-ring (bicyclic) bond motifs is 1. The van der Waals surface area contributed by atoms with Crippen LogP contribution in [-0.2, 0) is 4.79 Å². The predicted octanol–water partition coefficient (Wildman–Crippen LogP) is 2.71. The number of urea groups is 1. The number of hydrogen-bond donors (Lipinski definition) is 0. The van der Waals surface area contributed by atoms with Crippen LogP contribution in [0.1, 0.15) is 57.8 Å². The average molecular weight is 333 g/mol. The molecule has 2 unspecified atom stereocenters. The van der Waals surface area contributed by atoms with E-state index in [9.17, 15) is 9.59 Å². The van der Waals surface area contributed by atoms with Gasteiger partial charge in [0.05, 0.1) is 0 Å². The fourth-order valence-corrected chi connectivity index (χ4v) is 5.34. The first-order valence-electron chi connectivity index (χ1n) is 10.1. The molecular weight excluding hydrogens is 302 g/mol. The predicted molar refractivity (Wildman–Crippen MR) is 92.6 cm³/mol. The lowest BCUT2D eigenvalue weighted by Crippen LogP contribution is -2.49. The van der Waals surface area contributed by atoms with Gasteiger partial charge in [-0.2, -0.15) is 0 Å². The maximum absolute atomic E-state index is 13.0. The number of piperidine rings is 1. The minimum atomic E-state index is 0.147. The van der Waals surface area contributed by atoms with Gasteiger partial charge < -0.3 is 14.7 Å². The molecule has 3 aliphatic heterocycles. The van der Waals surface area contributed by atoms with Crippen molar-refractivity contribution >= 4 is 11.9 Å². The minimum Gasteiger partial charge on any atom is -0.339 e. The average Bonchev–Trinajstić information content (AvgIpc) is 3.30. The molecule has 0 aromatic rings. The summed E-state index contributed by atoms with van der Waals surface area (Å²) in [6.07, 6.45) is 10.4. The van der Waals surface area contributed by atoms with Gasteiger partial charge in [0.15, 0.2) is 0 Å². The van der Waals surface area contributed by atoms with E-state index in [1.165, 1.54) is 32.1 Å². The van der Waals surface area contributed by atoms with Gasteiger partial charge in [-0.3, -0.25) is 4.79 Å². The number of carbonyl (C=O) groups excluding carboxylic acids is 2. The van der Waals surface area contributed by atoms with Crippen LogP contribution in [0, 0.1) is 11.8 Å². The van der Waals surface area contributed by atoms with E-state index in [-0.39, 0.29) is 11.9 Å². The third-order valence-corrected chi connectivity index (χ3v) is 6.78. The zero-order valence-electron chi connectivity index (χ0n) is 14.8. The molecular formula is C19H31N3O2. The van der Waals surface area contributed by atoms with E-state index in [0.717, 1.165) is 64.3 Å². The van der Waals surface area contributed by atoms with Gasteiger partial charge in [0.25, 0.3) is 0 Å². The summed E-state index contributed by atoms with van der Waals surface area (Å²) >= 11 is 0. The summed E-state index contributed by atoms with van der Waals surface area (Å²) in [6.45, 7) is 4.31. The Kier molecular flexibility index (Phi) is 4.68. The van der Waals surface area contributed by atoms with Gasteiger partial charge in [0, 0.05) is 44.7 Å². The van der Waals surface area contributed by atoms with Gasteiger partial charge in [-0.15, -0.1) is 0 Å². The fraction of sp³-hybridized carbons (Fsp3) is 0.895. The Bertz CT molecular complexity index is 481. The van der Waals surface area contributed by atoms with Crippen molar-refractivity contribution in [2.45, 2.75) is 63.8 Å². The fourth-order valence-electron chi connectivity index (χ4n) is 5.34. The lowest BCUT2D eigenvalue weighted by molar-refractivity contribution is -0.138. The lowest BCUT2D eigenvalue weighted by atomic mass is 9.84. The Hall–Kier alpha value is -1.26. The summed E-state index contributed by atoms with van der Waals surface area (Å²) in [5.74, 6) is 1.30. The molecule has 0 N–H and O–H groups in total. The monoisotopic (exact) mass is 333 g/mol. The molecule has 3 saturated heterocycles.